The number of Topliss-reactive ketones (excluding diaryl/α,β-unsaturated/α-hetero) is 1. The molecule has 6 nitrogen and oxygen atoms in total. The van der Waals surface area contributed by atoms with Gasteiger partial charge in [0.25, 0.3) is 5.91 Å². The first-order valence-electron chi connectivity index (χ1n) is 10.2. The average Bonchev–Trinajstić information content (AvgIpc) is 3.22. The van der Waals surface area contributed by atoms with E-state index < -0.39 is 5.92 Å². The number of ether oxygens (including phenoxy) is 2. The first kappa shape index (κ1) is 19.4. The van der Waals surface area contributed by atoms with Gasteiger partial charge in [-0.3, -0.25) is 9.59 Å². The maximum atomic E-state index is 13.4. The second-order valence-corrected chi connectivity index (χ2v) is 7.84. The number of ketones is 1. The number of anilines is 1. The number of allylic oxidation sites excluding steroid dienone is 3. The van der Waals surface area contributed by atoms with Crippen LogP contribution in [0.25, 0.3) is 0 Å². The molecule has 1 amide bonds. The first-order valence-corrected chi connectivity index (χ1v) is 10.2. The summed E-state index contributed by atoms with van der Waals surface area (Å²) in [6.07, 6.45) is 1.99. The van der Waals surface area contributed by atoms with E-state index in [1.807, 2.05) is 19.1 Å². The summed E-state index contributed by atoms with van der Waals surface area (Å²) in [5.74, 6) is 0.0185. The Hall–Kier alpha value is -3.61. The fourth-order valence-electron chi connectivity index (χ4n) is 4.44. The van der Waals surface area contributed by atoms with Crippen LogP contribution < -0.4 is 20.1 Å². The predicted octanol–water partition coefficient (Wildman–Crippen LogP) is 4.16. The molecule has 0 saturated carbocycles. The second kappa shape index (κ2) is 7.58. The Kier molecular flexibility index (Phi) is 4.73. The Labute approximate surface area is 178 Å². The summed E-state index contributed by atoms with van der Waals surface area (Å²) in [4.78, 5) is 26.3. The van der Waals surface area contributed by atoms with E-state index in [1.54, 1.807) is 6.07 Å². The summed E-state index contributed by atoms with van der Waals surface area (Å²) in [7, 11) is 0. The molecular formula is C24H21FN2O4. The van der Waals surface area contributed by atoms with Crippen molar-refractivity contribution in [3.8, 4) is 11.5 Å². The van der Waals surface area contributed by atoms with Crippen molar-refractivity contribution in [2.75, 3.05) is 12.1 Å². The summed E-state index contributed by atoms with van der Waals surface area (Å²) in [6, 6.07) is 11.1. The molecule has 2 aromatic rings. The summed E-state index contributed by atoms with van der Waals surface area (Å²) in [5, 5.41) is 6.13. The van der Waals surface area contributed by atoms with E-state index in [1.165, 1.54) is 24.3 Å². The van der Waals surface area contributed by atoms with E-state index in [4.69, 9.17) is 9.47 Å². The van der Waals surface area contributed by atoms with Crippen LogP contribution in [0.15, 0.2) is 65.0 Å². The summed E-state index contributed by atoms with van der Waals surface area (Å²) in [5.41, 5.74) is 3.91. The normalized spacial score (nSPS) is 19.8. The number of halogens is 1. The first-order chi connectivity index (χ1) is 15.0. The van der Waals surface area contributed by atoms with Crippen molar-refractivity contribution in [2.24, 2.45) is 0 Å². The van der Waals surface area contributed by atoms with Crippen molar-refractivity contribution in [1.82, 2.24) is 5.32 Å². The molecule has 31 heavy (non-hydrogen) atoms. The summed E-state index contributed by atoms with van der Waals surface area (Å²) < 4.78 is 24.2. The summed E-state index contributed by atoms with van der Waals surface area (Å²) in [6.45, 7) is 1.98. The Morgan fingerprint density at radius 2 is 1.87 bits per heavy atom. The van der Waals surface area contributed by atoms with Gasteiger partial charge in [0.05, 0.1) is 0 Å². The molecule has 2 aliphatic heterocycles. The van der Waals surface area contributed by atoms with Crippen LogP contribution in [0.1, 0.15) is 37.7 Å². The molecule has 5 rings (SSSR count). The van der Waals surface area contributed by atoms with Gasteiger partial charge >= 0.3 is 0 Å². The molecule has 1 unspecified atom stereocenters. The number of amides is 1. The molecule has 2 heterocycles. The van der Waals surface area contributed by atoms with Crippen molar-refractivity contribution < 1.29 is 23.5 Å². The lowest BCUT2D eigenvalue weighted by atomic mass is 9.75. The highest BCUT2D eigenvalue weighted by Gasteiger charge is 2.39. The molecule has 0 bridgehead atoms. The van der Waals surface area contributed by atoms with E-state index in [2.05, 4.69) is 10.6 Å². The lowest BCUT2D eigenvalue weighted by Crippen LogP contribution is -2.35. The zero-order valence-electron chi connectivity index (χ0n) is 17.0. The van der Waals surface area contributed by atoms with E-state index in [0.717, 1.165) is 24.1 Å². The molecule has 0 spiro atoms. The number of dihydropyridines is 1. The van der Waals surface area contributed by atoms with Crippen LogP contribution in [-0.2, 0) is 9.59 Å². The quantitative estimate of drug-likeness (QED) is 0.780. The number of nitrogens with one attached hydrogen (secondary N) is 2. The van der Waals surface area contributed by atoms with E-state index in [-0.39, 0.29) is 24.3 Å². The van der Waals surface area contributed by atoms with Gasteiger partial charge in [0.1, 0.15) is 5.82 Å². The number of hydrogen-bond donors (Lipinski definition) is 2. The zero-order valence-corrected chi connectivity index (χ0v) is 17.0. The molecule has 2 aromatic carbocycles. The van der Waals surface area contributed by atoms with Crippen molar-refractivity contribution in [3.05, 3.63) is 76.4 Å². The standard InChI is InChI=1S/C24H21FN2O4/c1-13-21(24(29)27-16-8-6-15(25)7-9-16)22(23-17(26-13)3-2-4-18(23)28)14-5-10-19-20(11-14)31-12-30-19/h5-11,22,26H,2-4,12H2,1H3,(H,27,29). The van der Waals surface area contributed by atoms with Gasteiger partial charge in [0, 0.05) is 40.6 Å². The minimum atomic E-state index is -0.529. The summed E-state index contributed by atoms with van der Waals surface area (Å²) >= 11 is 0. The van der Waals surface area contributed by atoms with Crippen LogP contribution >= 0.6 is 0 Å². The van der Waals surface area contributed by atoms with Crippen molar-refractivity contribution in [2.45, 2.75) is 32.1 Å². The molecule has 3 aliphatic rings. The number of hydrogen-bond acceptors (Lipinski definition) is 5. The van der Waals surface area contributed by atoms with E-state index in [9.17, 15) is 14.0 Å². The number of carbonyl (C=O) groups is 2. The van der Waals surface area contributed by atoms with Gasteiger partial charge in [-0.1, -0.05) is 6.07 Å². The van der Waals surface area contributed by atoms with Crippen LogP contribution in [-0.4, -0.2) is 18.5 Å². The van der Waals surface area contributed by atoms with Crippen molar-refractivity contribution in [1.29, 1.82) is 0 Å². The molecule has 0 fully saturated rings. The average molecular weight is 420 g/mol. The highest BCUT2D eigenvalue weighted by Crippen LogP contribution is 2.45. The molecule has 0 saturated heterocycles. The van der Waals surface area contributed by atoms with Gasteiger partial charge in [0.2, 0.25) is 6.79 Å². The Morgan fingerprint density at radius 1 is 1.10 bits per heavy atom. The lowest BCUT2D eigenvalue weighted by molar-refractivity contribution is -0.116. The maximum Gasteiger partial charge on any atom is 0.254 e. The number of rotatable bonds is 3. The maximum absolute atomic E-state index is 13.4. The van der Waals surface area contributed by atoms with Crippen LogP contribution in [0.3, 0.4) is 0 Å². The van der Waals surface area contributed by atoms with Gasteiger partial charge in [-0.2, -0.15) is 0 Å². The van der Waals surface area contributed by atoms with Gasteiger partial charge in [-0.15, -0.1) is 0 Å². The SMILES string of the molecule is CC1=C(C(=O)Nc2ccc(F)cc2)C(c2ccc3c(c2)OCO3)C2=C(CCCC2=O)N1. The van der Waals surface area contributed by atoms with Gasteiger partial charge < -0.3 is 20.1 Å². The highest BCUT2D eigenvalue weighted by atomic mass is 19.1. The Balaban J connectivity index is 1.58. The van der Waals surface area contributed by atoms with Gasteiger partial charge in [-0.25, -0.2) is 4.39 Å². The number of fused-ring (bicyclic) bond motifs is 1. The minimum absolute atomic E-state index is 0.0380. The molecule has 1 atom stereocenters. The fraction of sp³-hybridized carbons (Fsp3) is 0.250. The smallest absolute Gasteiger partial charge is 0.254 e. The lowest BCUT2D eigenvalue weighted by Gasteiger charge is -2.34. The monoisotopic (exact) mass is 420 g/mol. The predicted molar refractivity (Wildman–Crippen MR) is 112 cm³/mol. The molecule has 0 radical (unpaired) electrons. The third-order valence-electron chi connectivity index (χ3n) is 5.85. The Bertz CT molecular complexity index is 1150. The van der Waals surface area contributed by atoms with E-state index in [0.29, 0.717) is 40.5 Å². The second-order valence-electron chi connectivity index (χ2n) is 7.84. The van der Waals surface area contributed by atoms with Crippen LogP contribution in [0, 0.1) is 5.82 Å². The van der Waals surface area contributed by atoms with Crippen molar-refractivity contribution in [3.63, 3.8) is 0 Å². The van der Waals surface area contributed by atoms with Crippen molar-refractivity contribution >= 4 is 17.4 Å². The number of benzene rings is 2. The largest absolute Gasteiger partial charge is 0.454 e. The molecule has 158 valence electrons. The van der Waals surface area contributed by atoms with Crippen LogP contribution in [0.4, 0.5) is 10.1 Å². The third-order valence-corrected chi connectivity index (χ3v) is 5.85. The fourth-order valence-corrected chi connectivity index (χ4v) is 4.44. The molecule has 1 aliphatic carbocycles. The van der Waals surface area contributed by atoms with E-state index >= 15 is 0 Å². The highest BCUT2D eigenvalue weighted by molar-refractivity contribution is 6.09. The third kappa shape index (κ3) is 3.46. The molecule has 7 heteroatoms. The Morgan fingerprint density at radius 3 is 2.68 bits per heavy atom. The van der Waals surface area contributed by atoms with Crippen LogP contribution in [0.5, 0.6) is 11.5 Å². The van der Waals surface area contributed by atoms with Gasteiger partial charge in [-0.05, 0) is 61.7 Å². The minimum Gasteiger partial charge on any atom is -0.454 e. The molecular weight excluding hydrogens is 399 g/mol. The van der Waals surface area contributed by atoms with Gasteiger partial charge in [0.15, 0.2) is 17.3 Å². The molecule has 0 aromatic heterocycles. The molecule has 2 N–H and O–H groups in total. The number of carbonyl (C=O) groups excluding carboxylic acids is 2. The topological polar surface area (TPSA) is 76.7 Å². The zero-order chi connectivity index (χ0) is 21.5. The van der Waals surface area contributed by atoms with Crippen LogP contribution in [0.2, 0.25) is 0 Å².